The van der Waals surface area contributed by atoms with E-state index in [1.54, 1.807) is 0 Å². The number of hydrogen-bond donors (Lipinski definition) is 0. The number of carbonyl (C=O) groups is 2. The van der Waals surface area contributed by atoms with Crippen molar-refractivity contribution in [2.75, 3.05) is 26.2 Å². The Kier molecular flexibility index (Phi) is 9.17. The van der Waals surface area contributed by atoms with E-state index in [9.17, 15) is 9.59 Å². The Labute approximate surface area is 222 Å². The lowest BCUT2D eigenvalue weighted by molar-refractivity contribution is -0.133. The molecule has 0 N–H and O–H groups in total. The molecule has 0 spiro atoms. The smallest absolute Gasteiger partial charge is 0.257 e. The van der Waals surface area contributed by atoms with Gasteiger partial charge in [-0.3, -0.25) is 9.59 Å². The summed E-state index contributed by atoms with van der Waals surface area (Å²) < 4.78 is 7.25. The van der Waals surface area contributed by atoms with Crippen LogP contribution >= 0.6 is 15.9 Å². The summed E-state index contributed by atoms with van der Waals surface area (Å²) in [5.41, 5.74) is 2.70. The van der Waals surface area contributed by atoms with Gasteiger partial charge in [-0.2, -0.15) is 0 Å². The van der Waals surface area contributed by atoms with E-state index in [0.717, 1.165) is 28.4 Å². The van der Waals surface area contributed by atoms with Gasteiger partial charge in [0.25, 0.3) is 5.91 Å². The minimum absolute atomic E-state index is 0.00450. The van der Waals surface area contributed by atoms with Gasteiger partial charge >= 0.3 is 0 Å². The first-order valence-corrected chi connectivity index (χ1v) is 13.4. The molecule has 1 heterocycles. The number of nitrogens with zero attached hydrogens (tertiary/aromatic N) is 2. The molecule has 0 radical (unpaired) electrons. The van der Waals surface area contributed by atoms with Crippen molar-refractivity contribution in [1.82, 2.24) is 9.80 Å². The minimum atomic E-state index is -0.160. The van der Waals surface area contributed by atoms with Gasteiger partial charge in [0.2, 0.25) is 5.91 Å². The lowest BCUT2D eigenvalue weighted by atomic mass is 10.0. The molecule has 5 nitrogen and oxygen atoms in total. The zero-order chi connectivity index (χ0) is 25.3. The molecule has 1 atom stereocenters. The molecule has 0 bridgehead atoms. The average molecular weight is 550 g/mol. The summed E-state index contributed by atoms with van der Waals surface area (Å²) in [5, 5.41) is 0. The van der Waals surface area contributed by atoms with Crippen LogP contribution in [0.15, 0.2) is 83.3 Å². The molecule has 3 aromatic carbocycles. The van der Waals surface area contributed by atoms with Gasteiger partial charge in [0.1, 0.15) is 12.4 Å². The molecule has 36 heavy (non-hydrogen) atoms. The van der Waals surface area contributed by atoms with Gasteiger partial charge in [0.15, 0.2) is 0 Å². The van der Waals surface area contributed by atoms with Crippen LogP contribution in [0.3, 0.4) is 0 Å². The van der Waals surface area contributed by atoms with Gasteiger partial charge in [0.05, 0.1) is 18.0 Å². The fraction of sp³-hybridized carbons (Fsp3) is 0.333. The summed E-state index contributed by atoms with van der Waals surface area (Å²) in [5.74, 6) is 0.646. The summed E-state index contributed by atoms with van der Waals surface area (Å²) in [6, 6.07) is 25.4. The first kappa shape index (κ1) is 26.0. The van der Waals surface area contributed by atoms with E-state index in [-0.39, 0.29) is 17.9 Å². The molecule has 0 aromatic heterocycles. The molecule has 0 aliphatic carbocycles. The van der Waals surface area contributed by atoms with E-state index in [1.807, 2.05) is 83.5 Å². The van der Waals surface area contributed by atoms with Gasteiger partial charge in [-0.1, -0.05) is 76.6 Å². The molecule has 0 fully saturated rings. The van der Waals surface area contributed by atoms with Gasteiger partial charge in [-0.15, -0.1) is 0 Å². The van der Waals surface area contributed by atoms with Gasteiger partial charge in [-0.25, -0.2) is 0 Å². The maximum atomic E-state index is 13.7. The number of hydrogen-bond acceptors (Lipinski definition) is 3. The fourth-order valence-electron chi connectivity index (χ4n) is 4.68. The molecule has 3 aromatic rings. The van der Waals surface area contributed by atoms with E-state index in [4.69, 9.17) is 4.74 Å². The minimum Gasteiger partial charge on any atom is -0.491 e. The van der Waals surface area contributed by atoms with Crippen molar-refractivity contribution in [2.45, 2.75) is 38.6 Å². The van der Waals surface area contributed by atoms with Crippen LogP contribution in [0.1, 0.15) is 41.3 Å². The number of benzene rings is 3. The highest BCUT2D eigenvalue weighted by Crippen LogP contribution is 2.24. The first-order valence-electron chi connectivity index (χ1n) is 12.6. The Balaban J connectivity index is 1.66. The molecule has 1 aliphatic heterocycles. The zero-order valence-corrected chi connectivity index (χ0v) is 22.3. The van der Waals surface area contributed by atoms with Crippen molar-refractivity contribution >= 4 is 27.7 Å². The fourth-order valence-corrected chi connectivity index (χ4v) is 5.10. The third kappa shape index (κ3) is 6.55. The Bertz CT molecular complexity index is 1170. The molecule has 188 valence electrons. The van der Waals surface area contributed by atoms with E-state index in [2.05, 4.69) is 28.1 Å². The Hall–Kier alpha value is -3.12. The molecule has 0 saturated carbocycles. The van der Waals surface area contributed by atoms with Gasteiger partial charge in [0, 0.05) is 24.1 Å². The second-order valence-corrected chi connectivity index (χ2v) is 9.95. The highest BCUT2D eigenvalue weighted by Gasteiger charge is 2.27. The molecular formula is C30H33BrN2O3. The molecule has 0 unspecified atom stereocenters. The Morgan fingerprint density at radius 1 is 0.944 bits per heavy atom. The molecule has 6 heteroatoms. The second kappa shape index (κ2) is 12.7. The number of carbonyl (C=O) groups excluding carboxylic acids is 2. The van der Waals surface area contributed by atoms with Crippen LogP contribution in [0.2, 0.25) is 0 Å². The van der Waals surface area contributed by atoms with E-state index >= 15 is 0 Å². The highest BCUT2D eigenvalue weighted by molar-refractivity contribution is 9.10. The van der Waals surface area contributed by atoms with E-state index in [1.165, 1.54) is 0 Å². The Morgan fingerprint density at radius 2 is 1.64 bits per heavy atom. The van der Waals surface area contributed by atoms with Crippen molar-refractivity contribution in [1.29, 1.82) is 0 Å². The van der Waals surface area contributed by atoms with Crippen molar-refractivity contribution < 1.29 is 14.3 Å². The predicted molar refractivity (Wildman–Crippen MR) is 146 cm³/mol. The van der Waals surface area contributed by atoms with Crippen molar-refractivity contribution in [3.63, 3.8) is 0 Å². The number of fused-ring (bicyclic) bond motifs is 1. The molecule has 4 rings (SSSR count). The van der Waals surface area contributed by atoms with Gasteiger partial charge in [-0.05, 0) is 55.5 Å². The number of amides is 2. The number of halogens is 1. The highest BCUT2D eigenvalue weighted by atomic mass is 79.9. The topological polar surface area (TPSA) is 49.9 Å². The van der Waals surface area contributed by atoms with Crippen LogP contribution in [0.5, 0.6) is 5.75 Å². The van der Waals surface area contributed by atoms with Crippen molar-refractivity contribution in [2.24, 2.45) is 0 Å². The SMILES string of the molecule is CCN1CCCCN(C(=O)Cc2ccccc2Br)[C@@H](Cc2ccccc2)COc2ccccc2C1=O. The van der Waals surface area contributed by atoms with E-state index < -0.39 is 0 Å². The Morgan fingerprint density at radius 3 is 2.42 bits per heavy atom. The van der Waals surface area contributed by atoms with Crippen molar-refractivity contribution in [3.8, 4) is 5.75 Å². The molecule has 1 aliphatic rings. The summed E-state index contributed by atoms with van der Waals surface area (Å²) in [7, 11) is 0. The van der Waals surface area contributed by atoms with Crippen molar-refractivity contribution in [3.05, 3.63) is 100 Å². The number of rotatable bonds is 5. The zero-order valence-electron chi connectivity index (χ0n) is 20.7. The summed E-state index contributed by atoms with van der Waals surface area (Å²) >= 11 is 3.59. The predicted octanol–water partition coefficient (Wildman–Crippen LogP) is 5.77. The van der Waals surface area contributed by atoms with Crippen LogP contribution in [-0.2, 0) is 17.6 Å². The van der Waals surface area contributed by atoms with Crippen LogP contribution in [0.25, 0.3) is 0 Å². The summed E-state index contributed by atoms with van der Waals surface area (Å²) in [6.45, 7) is 4.22. The number of ether oxygens (including phenoxy) is 1. The molecule has 2 amide bonds. The maximum absolute atomic E-state index is 13.7. The summed E-state index contributed by atoms with van der Waals surface area (Å²) in [4.78, 5) is 30.8. The van der Waals surface area contributed by atoms with E-state index in [0.29, 0.717) is 50.4 Å². The quantitative estimate of drug-likeness (QED) is 0.406. The molecule has 0 saturated heterocycles. The second-order valence-electron chi connectivity index (χ2n) is 9.10. The van der Waals surface area contributed by atoms with Gasteiger partial charge < -0.3 is 14.5 Å². The first-order chi connectivity index (χ1) is 17.6. The lowest BCUT2D eigenvalue weighted by Crippen LogP contribution is -2.47. The van der Waals surface area contributed by atoms with Crippen LogP contribution in [0, 0.1) is 0 Å². The lowest BCUT2D eigenvalue weighted by Gasteiger charge is -2.33. The largest absolute Gasteiger partial charge is 0.491 e. The van der Waals surface area contributed by atoms with Crippen LogP contribution in [-0.4, -0.2) is 53.9 Å². The average Bonchev–Trinajstić information content (AvgIpc) is 2.90. The maximum Gasteiger partial charge on any atom is 0.257 e. The van der Waals surface area contributed by atoms with Crippen LogP contribution < -0.4 is 4.74 Å². The number of para-hydroxylation sites is 1. The molecular weight excluding hydrogens is 516 g/mol. The normalized spacial score (nSPS) is 16.9. The third-order valence-corrected chi connectivity index (χ3v) is 7.44. The third-order valence-electron chi connectivity index (χ3n) is 6.67. The summed E-state index contributed by atoms with van der Waals surface area (Å²) in [6.07, 6.45) is 2.65. The standard InChI is InChI=1S/C30H33BrN2O3/c1-2-32-18-10-11-19-33(29(34)21-24-14-6-8-16-27(24)31)25(20-23-12-4-3-5-13-23)22-36-28-17-9-7-15-26(28)30(32)35/h3-9,12-17,25H,2,10-11,18-22H2,1H3/t25-/m0/s1. The van der Waals surface area contributed by atoms with Crippen LogP contribution in [0.4, 0.5) is 0 Å². The monoisotopic (exact) mass is 548 g/mol.